The highest BCUT2D eigenvalue weighted by Gasteiger charge is 2.31. The van der Waals surface area contributed by atoms with Crippen LogP contribution in [-0.2, 0) is 17.8 Å². The predicted molar refractivity (Wildman–Crippen MR) is 180 cm³/mol. The molecule has 1 aliphatic carbocycles. The number of urea groups is 1. The number of rotatable bonds is 10. The third kappa shape index (κ3) is 9.23. The fourth-order valence-corrected chi connectivity index (χ4v) is 6.30. The largest absolute Gasteiger partial charge is 0.488 e. The van der Waals surface area contributed by atoms with Gasteiger partial charge in [0.25, 0.3) is 0 Å². The smallest absolute Gasteiger partial charge is 0.319 e. The molecule has 2 aliphatic rings. The Morgan fingerprint density at radius 2 is 1.76 bits per heavy atom. The van der Waals surface area contributed by atoms with E-state index in [0.29, 0.717) is 36.6 Å². The van der Waals surface area contributed by atoms with Crippen LogP contribution < -0.4 is 20.1 Å². The quantitative estimate of drug-likeness (QED) is 0.247. The SMILES string of the molecule is C[C@@H]1CN([C@@H](C)CO)C(=O)Cc2cc(NC(=O)NC3CCCCC3)ccc2O[C@H]1CN(C)Cc1ccc(Oc2ccccc2)cc1. The maximum Gasteiger partial charge on any atom is 0.319 e. The molecule has 5 rings (SSSR count). The molecule has 0 spiro atoms. The van der Waals surface area contributed by atoms with Crippen molar-refractivity contribution in [2.75, 3.05) is 32.1 Å². The van der Waals surface area contributed by atoms with Crippen LogP contribution in [0.2, 0.25) is 0 Å². The molecule has 0 radical (unpaired) electrons. The Kier molecular flexibility index (Phi) is 11.5. The van der Waals surface area contributed by atoms with Crippen molar-refractivity contribution in [3.8, 4) is 17.2 Å². The second kappa shape index (κ2) is 16.0. The summed E-state index contributed by atoms with van der Waals surface area (Å²) in [6.45, 7) is 5.64. The Morgan fingerprint density at radius 3 is 2.48 bits per heavy atom. The number of likely N-dealkylation sites (N-methyl/N-ethyl adjacent to an activating group) is 1. The minimum absolute atomic E-state index is 0.00734. The molecular weight excluding hydrogens is 580 g/mol. The fraction of sp³-hybridized carbons (Fsp3) is 0.459. The molecular formula is C37H48N4O5. The number of amides is 3. The van der Waals surface area contributed by atoms with Gasteiger partial charge in [0, 0.05) is 42.8 Å². The summed E-state index contributed by atoms with van der Waals surface area (Å²) in [6, 6.07) is 23.0. The van der Waals surface area contributed by atoms with E-state index in [4.69, 9.17) is 9.47 Å². The number of nitrogens with one attached hydrogen (secondary N) is 2. The number of carbonyl (C=O) groups is 2. The Bertz CT molecular complexity index is 1430. The van der Waals surface area contributed by atoms with Gasteiger partial charge in [-0.25, -0.2) is 4.79 Å². The highest BCUT2D eigenvalue weighted by atomic mass is 16.5. The van der Waals surface area contributed by atoms with E-state index in [1.165, 1.54) is 6.42 Å². The molecule has 0 bridgehead atoms. The van der Waals surface area contributed by atoms with Gasteiger partial charge in [0.2, 0.25) is 5.91 Å². The number of aliphatic hydroxyl groups excluding tert-OH is 1. The van der Waals surface area contributed by atoms with Gasteiger partial charge in [-0.15, -0.1) is 0 Å². The molecule has 246 valence electrons. The van der Waals surface area contributed by atoms with Gasteiger partial charge in [-0.2, -0.15) is 0 Å². The number of ether oxygens (including phenoxy) is 2. The van der Waals surface area contributed by atoms with Crippen LogP contribution in [0.15, 0.2) is 72.8 Å². The molecule has 46 heavy (non-hydrogen) atoms. The minimum Gasteiger partial charge on any atom is -0.488 e. The summed E-state index contributed by atoms with van der Waals surface area (Å²) >= 11 is 0. The van der Waals surface area contributed by atoms with Crippen LogP contribution in [0.25, 0.3) is 0 Å². The number of fused-ring (bicyclic) bond motifs is 1. The zero-order chi connectivity index (χ0) is 32.5. The normalized spacial score (nSPS) is 19.7. The van der Waals surface area contributed by atoms with Crippen molar-refractivity contribution in [2.45, 2.75) is 77.1 Å². The molecule has 0 unspecified atom stereocenters. The van der Waals surface area contributed by atoms with Crippen LogP contribution in [-0.4, -0.2) is 71.8 Å². The molecule has 3 aromatic carbocycles. The van der Waals surface area contributed by atoms with Crippen LogP contribution in [0.4, 0.5) is 10.5 Å². The average Bonchev–Trinajstić information content (AvgIpc) is 3.09. The van der Waals surface area contributed by atoms with Crippen LogP contribution in [0.5, 0.6) is 17.2 Å². The van der Waals surface area contributed by atoms with Gasteiger partial charge in [-0.05, 0) is 74.8 Å². The lowest BCUT2D eigenvalue weighted by atomic mass is 9.96. The second-order valence-electron chi connectivity index (χ2n) is 12.9. The lowest BCUT2D eigenvalue weighted by Crippen LogP contribution is -2.47. The molecule has 3 N–H and O–H groups in total. The Morgan fingerprint density at radius 1 is 1.04 bits per heavy atom. The van der Waals surface area contributed by atoms with Crippen LogP contribution in [0, 0.1) is 5.92 Å². The first-order valence-electron chi connectivity index (χ1n) is 16.5. The summed E-state index contributed by atoms with van der Waals surface area (Å²) < 4.78 is 12.6. The van der Waals surface area contributed by atoms with E-state index in [1.54, 1.807) is 4.90 Å². The van der Waals surface area contributed by atoms with Crippen molar-refractivity contribution in [1.29, 1.82) is 0 Å². The third-order valence-electron chi connectivity index (χ3n) is 8.96. The molecule has 0 saturated heterocycles. The Hall–Kier alpha value is -4.08. The van der Waals surface area contributed by atoms with Crippen LogP contribution >= 0.6 is 0 Å². The molecule has 0 aromatic heterocycles. The zero-order valence-corrected chi connectivity index (χ0v) is 27.3. The molecule has 3 aromatic rings. The van der Waals surface area contributed by atoms with Crippen molar-refractivity contribution in [2.24, 2.45) is 5.92 Å². The third-order valence-corrected chi connectivity index (χ3v) is 8.96. The Balaban J connectivity index is 1.28. The van der Waals surface area contributed by atoms with Gasteiger partial charge in [0.1, 0.15) is 23.4 Å². The lowest BCUT2D eigenvalue weighted by Gasteiger charge is -2.34. The summed E-state index contributed by atoms with van der Waals surface area (Å²) in [5, 5.41) is 16.0. The summed E-state index contributed by atoms with van der Waals surface area (Å²) in [5.41, 5.74) is 2.48. The van der Waals surface area contributed by atoms with E-state index >= 15 is 0 Å². The van der Waals surface area contributed by atoms with E-state index in [2.05, 4.69) is 41.6 Å². The van der Waals surface area contributed by atoms with E-state index in [-0.39, 0.29) is 49.1 Å². The molecule has 1 fully saturated rings. The van der Waals surface area contributed by atoms with Gasteiger partial charge < -0.3 is 30.1 Å². The van der Waals surface area contributed by atoms with Crippen LogP contribution in [0.1, 0.15) is 57.1 Å². The standard InChI is InChI=1S/C37H48N4O5/c1-26-22-41(27(2)25-42)36(43)21-29-20-31(39-37(44)38-30-10-6-4-7-11-30)16-19-34(29)46-35(26)24-40(3)23-28-14-17-33(18-15-28)45-32-12-8-5-9-13-32/h5,8-9,12-20,26-27,30,35,42H,4,6-7,10-11,21-25H2,1-3H3,(H2,38,39,44)/t26-,27+,35+/m1/s1. The molecule has 1 heterocycles. The number of para-hydroxylation sites is 1. The lowest BCUT2D eigenvalue weighted by molar-refractivity contribution is -0.134. The van der Waals surface area contributed by atoms with Crippen molar-refractivity contribution in [3.63, 3.8) is 0 Å². The van der Waals surface area contributed by atoms with Gasteiger partial charge >= 0.3 is 6.03 Å². The number of anilines is 1. The van der Waals surface area contributed by atoms with E-state index in [9.17, 15) is 14.7 Å². The van der Waals surface area contributed by atoms with E-state index in [0.717, 1.165) is 42.7 Å². The van der Waals surface area contributed by atoms with Gasteiger partial charge in [-0.3, -0.25) is 9.69 Å². The fourth-order valence-electron chi connectivity index (χ4n) is 6.30. The van der Waals surface area contributed by atoms with Crippen LogP contribution in [0.3, 0.4) is 0 Å². The average molecular weight is 629 g/mol. The first-order chi connectivity index (χ1) is 22.3. The zero-order valence-electron chi connectivity index (χ0n) is 27.3. The van der Waals surface area contributed by atoms with Gasteiger partial charge in [0.05, 0.1) is 19.1 Å². The summed E-state index contributed by atoms with van der Waals surface area (Å²) in [5.74, 6) is 2.14. The van der Waals surface area contributed by atoms with Gasteiger partial charge in [-0.1, -0.05) is 56.5 Å². The van der Waals surface area contributed by atoms with Crippen molar-refractivity contribution < 1.29 is 24.2 Å². The summed E-state index contributed by atoms with van der Waals surface area (Å²) in [6.07, 6.45) is 5.39. The number of carbonyl (C=O) groups excluding carboxylic acids is 2. The monoisotopic (exact) mass is 628 g/mol. The highest BCUT2D eigenvalue weighted by Crippen LogP contribution is 2.30. The Labute approximate surface area is 272 Å². The minimum atomic E-state index is -0.325. The summed E-state index contributed by atoms with van der Waals surface area (Å²) in [4.78, 5) is 30.3. The number of hydrogen-bond acceptors (Lipinski definition) is 6. The maximum atomic E-state index is 13.6. The molecule has 1 saturated carbocycles. The molecule has 3 atom stereocenters. The first-order valence-corrected chi connectivity index (χ1v) is 16.5. The molecule has 1 aliphatic heterocycles. The molecule has 9 heteroatoms. The number of aliphatic hydroxyl groups is 1. The van der Waals surface area contributed by atoms with E-state index < -0.39 is 0 Å². The molecule has 9 nitrogen and oxygen atoms in total. The van der Waals surface area contributed by atoms with Crippen molar-refractivity contribution >= 4 is 17.6 Å². The van der Waals surface area contributed by atoms with Crippen molar-refractivity contribution in [1.82, 2.24) is 15.1 Å². The number of benzene rings is 3. The van der Waals surface area contributed by atoms with E-state index in [1.807, 2.05) is 67.6 Å². The first kappa shape index (κ1) is 33.3. The predicted octanol–water partition coefficient (Wildman–Crippen LogP) is 6.21. The van der Waals surface area contributed by atoms with Gasteiger partial charge in [0.15, 0.2) is 0 Å². The second-order valence-corrected chi connectivity index (χ2v) is 12.9. The maximum absolute atomic E-state index is 13.6. The topological polar surface area (TPSA) is 103 Å². The number of nitrogens with zero attached hydrogens (tertiary/aromatic N) is 2. The summed E-state index contributed by atoms with van der Waals surface area (Å²) in [7, 11) is 2.06. The molecule has 3 amide bonds. The van der Waals surface area contributed by atoms with Crippen molar-refractivity contribution in [3.05, 3.63) is 83.9 Å². The highest BCUT2D eigenvalue weighted by molar-refractivity contribution is 5.90. The number of hydrogen-bond donors (Lipinski definition) is 3.